The zero-order chi connectivity index (χ0) is 16.5. The van der Waals surface area contributed by atoms with Gasteiger partial charge in [-0.25, -0.2) is 4.79 Å². The van der Waals surface area contributed by atoms with Crippen LogP contribution in [0.5, 0.6) is 0 Å². The van der Waals surface area contributed by atoms with Gasteiger partial charge in [-0.3, -0.25) is 4.79 Å². The quantitative estimate of drug-likeness (QED) is 0.843. The van der Waals surface area contributed by atoms with Crippen molar-refractivity contribution in [1.82, 2.24) is 5.32 Å². The second-order valence-corrected chi connectivity index (χ2v) is 7.08. The van der Waals surface area contributed by atoms with Crippen LogP contribution in [0.4, 0.5) is 0 Å². The van der Waals surface area contributed by atoms with Crippen molar-refractivity contribution in [2.75, 3.05) is 6.61 Å². The minimum atomic E-state index is -1.28. The van der Waals surface area contributed by atoms with Gasteiger partial charge in [-0.2, -0.15) is 0 Å². The molecule has 0 radical (unpaired) electrons. The Balaban J connectivity index is 2.24. The number of nitrogens with one attached hydrogen (secondary N) is 1. The van der Waals surface area contributed by atoms with Gasteiger partial charge >= 0.3 is 5.97 Å². The second-order valence-electron chi connectivity index (χ2n) is 6.16. The molecule has 0 spiro atoms. The number of carbonyl (C=O) groups is 2. The average Bonchev–Trinajstić information content (AvgIpc) is 2.93. The van der Waals surface area contributed by atoms with Crippen LogP contribution in [0.3, 0.4) is 0 Å². The van der Waals surface area contributed by atoms with E-state index in [0.717, 1.165) is 12.0 Å². The molecule has 6 heteroatoms. The number of carboxylic acid groups (broad SMARTS) is 1. The van der Waals surface area contributed by atoms with Crippen LogP contribution in [0.2, 0.25) is 0 Å². The van der Waals surface area contributed by atoms with E-state index in [1.165, 1.54) is 11.3 Å². The Kier molecular flexibility index (Phi) is 4.63. The van der Waals surface area contributed by atoms with E-state index in [-0.39, 0.29) is 12.0 Å². The molecule has 1 aromatic heterocycles. The van der Waals surface area contributed by atoms with Gasteiger partial charge in [0.2, 0.25) is 0 Å². The SMILES string of the molecule is CCO[C@H]1C[C@](NC(=O)c2sccc2CC)(C(=O)O)C1(C)C. The number of thiophene rings is 1. The van der Waals surface area contributed by atoms with Crippen molar-refractivity contribution in [3.8, 4) is 0 Å². The summed E-state index contributed by atoms with van der Waals surface area (Å²) in [5.41, 5.74) is -0.992. The van der Waals surface area contributed by atoms with Crippen molar-refractivity contribution in [1.29, 1.82) is 0 Å². The molecule has 1 aromatic rings. The topological polar surface area (TPSA) is 75.6 Å². The van der Waals surface area contributed by atoms with Crippen LogP contribution < -0.4 is 5.32 Å². The Morgan fingerprint density at radius 3 is 2.64 bits per heavy atom. The van der Waals surface area contributed by atoms with Crippen LogP contribution in [0.15, 0.2) is 11.4 Å². The number of aliphatic carboxylic acids is 1. The molecule has 1 amide bonds. The smallest absolute Gasteiger partial charge is 0.330 e. The van der Waals surface area contributed by atoms with Crippen LogP contribution in [0.25, 0.3) is 0 Å². The molecule has 5 nitrogen and oxygen atoms in total. The maximum atomic E-state index is 12.5. The minimum Gasteiger partial charge on any atom is -0.479 e. The molecule has 0 bridgehead atoms. The summed E-state index contributed by atoms with van der Waals surface area (Å²) in [4.78, 5) is 25.0. The molecule has 1 heterocycles. The summed E-state index contributed by atoms with van der Waals surface area (Å²) in [6.07, 6.45) is 0.877. The van der Waals surface area contributed by atoms with Crippen molar-refractivity contribution in [3.63, 3.8) is 0 Å². The number of hydrogen-bond donors (Lipinski definition) is 2. The van der Waals surface area contributed by atoms with E-state index in [1.54, 1.807) is 0 Å². The first-order valence-corrected chi connectivity index (χ1v) is 8.42. The van der Waals surface area contributed by atoms with Crippen molar-refractivity contribution >= 4 is 23.2 Å². The average molecular weight is 325 g/mol. The van der Waals surface area contributed by atoms with Crippen molar-refractivity contribution in [3.05, 3.63) is 21.9 Å². The number of rotatable bonds is 6. The van der Waals surface area contributed by atoms with Gasteiger partial charge in [-0.1, -0.05) is 20.8 Å². The van der Waals surface area contributed by atoms with E-state index in [9.17, 15) is 14.7 Å². The van der Waals surface area contributed by atoms with Gasteiger partial charge in [0.15, 0.2) is 0 Å². The van der Waals surface area contributed by atoms with E-state index in [2.05, 4.69) is 5.32 Å². The summed E-state index contributed by atoms with van der Waals surface area (Å²) in [6, 6.07) is 1.90. The van der Waals surface area contributed by atoms with Crippen LogP contribution in [-0.4, -0.2) is 35.2 Å². The molecule has 2 atom stereocenters. The summed E-state index contributed by atoms with van der Waals surface area (Å²) >= 11 is 1.34. The van der Waals surface area contributed by atoms with Gasteiger partial charge < -0.3 is 15.2 Å². The lowest BCUT2D eigenvalue weighted by atomic mass is 9.54. The van der Waals surface area contributed by atoms with Crippen molar-refractivity contribution in [2.45, 2.75) is 52.2 Å². The number of ether oxygens (including phenoxy) is 1. The summed E-state index contributed by atoms with van der Waals surface area (Å²) in [7, 11) is 0. The Bertz CT molecular complexity index is 580. The zero-order valence-electron chi connectivity index (χ0n) is 13.4. The normalized spacial score (nSPS) is 26.3. The molecular formula is C16H23NO4S. The highest BCUT2D eigenvalue weighted by atomic mass is 32.1. The molecule has 1 aliphatic rings. The molecule has 1 aliphatic carbocycles. The molecule has 22 heavy (non-hydrogen) atoms. The van der Waals surface area contributed by atoms with Gasteiger partial charge in [0.25, 0.3) is 5.91 Å². The molecule has 1 fully saturated rings. The molecule has 0 saturated heterocycles. The highest BCUT2D eigenvalue weighted by Crippen LogP contribution is 2.51. The summed E-state index contributed by atoms with van der Waals surface area (Å²) in [5.74, 6) is -1.31. The Hall–Kier alpha value is -1.40. The fraction of sp³-hybridized carbons (Fsp3) is 0.625. The van der Waals surface area contributed by atoms with Gasteiger partial charge in [-0.15, -0.1) is 11.3 Å². The Morgan fingerprint density at radius 2 is 2.14 bits per heavy atom. The minimum absolute atomic E-state index is 0.164. The van der Waals surface area contributed by atoms with E-state index in [0.29, 0.717) is 17.9 Å². The van der Waals surface area contributed by atoms with E-state index < -0.39 is 16.9 Å². The molecule has 1 saturated carbocycles. The van der Waals surface area contributed by atoms with E-state index >= 15 is 0 Å². The molecule has 2 N–H and O–H groups in total. The number of amides is 1. The van der Waals surface area contributed by atoms with Crippen LogP contribution in [-0.2, 0) is 16.0 Å². The Labute approximate surface area is 134 Å². The first-order valence-electron chi connectivity index (χ1n) is 7.54. The molecule has 2 rings (SSSR count). The monoisotopic (exact) mass is 325 g/mol. The fourth-order valence-corrected chi connectivity index (χ4v) is 3.99. The maximum absolute atomic E-state index is 12.5. The lowest BCUT2D eigenvalue weighted by Crippen LogP contribution is -2.76. The lowest BCUT2D eigenvalue weighted by molar-refractivity contribution is -0.190. The molecule has 0 aromatic carbocycles. The van der Waals surface area contributed by atoms with Crippen LogP contribution >= 0.6 is 11.3 Å². The van der Waals surface area contributed by atoms with E-state index in [4.69, 9.17) is 4.74 Å². The standard InChI is InChI=1S/C16H23NO4S/c1-5-10-7-8-22-12(10)13(18)17-16(14(19)20)9-11(21-6-2)15(16,3)4/h7-8,11H,5-6,9H2,1-4H3,(H,17,18)(H,19,20)/t11-,16-/m0/s1. The molecule has 0 unspecified atom stereocenters. The van der Waals surface area contributed by atoms with Crippen molar-refractivity contribution in [2.24, 2.45) is 5.41 Å². The van der Waals surface area contributed by atoms with Gasteiger partial charge in [-0.05, 0) is 30.4 Å². The van der Waals surface area contributed by atoms with E-state index in [1.807, 2.05) is 39.1 Å². The number of aryl methyl sites for hydroxylation is 1. The maximum Gasteiger partial charge on any atom is 0.330 e. The first kappa shape index (κ1) is 17.0. The van der Waals surface area contributed by atoms with Crippen molar-refractivity contribution < 1.29 is 19.4 Å². The Morgan fingerprint density at radius 1 is 1.45 bits per heavy atom. The summed E-state index contributed by atoms with van der Waals surface area (Å²) in [5, 5.41) is 14.3. The second kappa shape index (κ2) is 6.01. The predicted octanol–water partition coefficient (Wildman–Crippen LogP) is 2.70. The molecule has 0 aliphatic heterocycles. The molecule has 122 valence electrons. The third-order valence-electron chi connectivity index (χ3n) is 4.79. The largest absolute Gasteiger partial charge is 0.479 e. The summed E-state index contributed by atoms with van der Waals surface area (Å²) < 4.78 is 5.60. The first-order chi connectivity index (χ1) is 10.3. The van der Waals surface area contributed by atoms with Gasteiger partial charge in [0.1, 0.15) is 5.54 Å². The third kappa shape index (κ3) is 2.44. The highest BCUT2D eigenvalue weighted by molar-refractivity contribution is 7.12. The highest BCUT2D eigenvalue weighted by Gasteiger charge is 2.66. The predicted molar refractivity (Wildman–Crippen MR) is 85.3 cm³/mol. The fourth-order valence-electron chi connectivity index (χ4n) is 3.10. The number of hydrogen-bond acceptors (Lipinski definition) is 4. The summed E-state index contributed by atoms with van der Waals surface area (Å²) in [6.45, 7) is 8.06. The van der Waals surface area contributed by atoms with Crippen LogP contribution in [0.1, 0.15) is 49.4 Å². The zero-order valence-corrected chi connectivity index (χ0v) is 14.3. The third-order valence-corrected chi connectivity index (χ3v) is 5.75. The van der Waals surface area contributed by atoms with Gasteiger partial charge in [0.05, 0.1) is 11.0 Å². The van der Waals surface area contributed by atoms with Gasteiger partial charge in [0, 0.05) is 18.4 Å². The number of carboxylic acids is 1. The van der Waals surface area contributed by atoms with Crippen LogP contribution in [0, 0.1) is 5.41 Å². The lowest BCUT2D eigenvalue weighted by Gasteiger charge is -2.58. The number of carbonyl (C=O) groups excluding carboxylic acids is 1. The molecular weight excluding hydrogens is 302 g/mol.